The summed E-state index contributed by atoms with van der Waals surface area (Å²) in [6.45, 7) is 5.49. The van der Waals surface area contributed by atoms with Gasteiger partial charge in [-0.1, -0.05) is 30.3 Å². The van der Waals surface area contributed by atoms with Crippen molar-refractivity contribution in [1.29, 1.82) is 0 Å². The summed E-state index contributed by atoms with van der Waals surface area (Å²) in [5.74, 6) is 1.39. The van der Waals surface area contributed by atoms with Crippen LogP contribution in [0.4, 0.5) is 0 Å². The van der Waals surface area contributed by atoms with Crippen molar-refractivity contribution < 1.29 is 9.47 Å². The summed E-state index contributed by atoms with van der Waals surface area (Å²) in [6, 6.07) is 14.0. The van der Waals surface area contributed by atoms with Crippen LogP contribution in [-0.2, 0) is 17.9 Å². The van der Waals surface area contributed by atoms with Crippen molar-refractivity contribution in [3.05, 3.63) is 59.8 Å². The fourth-order valence-electron chi connectivity index (χ4n) is 2.30. The predicted molar refractivity (Wildman–Crippen MR) is 104 cm³/mol. The Morgan fingerprint density at radius 1 is 1.12 bits per heavy atom. The molecule has 0 atom stereocenters. The van der Waals surface area contributed by atoms with Crippen LogP contribution in [0.15, 0.2) is 53.7 Å². The summed E-state index contributed by atoms with van der Waals surface area (Å²) in [6.07, 6.45) is 2.71. The van der Waals surface area contributed by atoms with Gasteiger partial charge in [0.25, 0.3) is 0 Å². The Bertz CT molecular complexity index is 662. The molecule has 6 heteroatoms. The van der Waals surface area contributed by atoms with Crippen molar-refractivity contribution in [2.75, 3.05) is 26.8 Å². The Labute approximate surface area is 155 Å². The van der Waals surface area contributed by atoms with Crippen molar-refractivity contribution in [2.24, 2.45) is 4.99 Å². The molecule has 0 saturated heterocycles. The van der Waals surface area contributed by atoms with Gasteiger partial charge in [0.15, 0.2) is 5.96 Å². The van der Waals surface area contributed by atoms with E-state index < -0.39 is 0 Å². The Balaban J connectivity index is 1.76. The molecular weight excluding hydrogens is 328 g/mol. The fraction of sp³-hybridized carbons (Fsp3) is 0.400. The number of ether oxygens (including phenoxy) is 2. The second-order valence-corrected chi connectivity index (χ2v) is 5.68. The number of rotatable bonds is 10. The molecule has 6 nitrogen and oxygen atoms in total. The molecule has 0 radical (unpaired) electrons. The van der Waals surface area contributed by atoms with Crippen LogP contribution >= 0.6 is 0 Å². The third-order valence-electron chi connectivity index (χ3n) is 3.67. The Morgan fingerprint density at radius 3 is 2.73 bits per heavy atom. The first-order valence-electron chi connectivity index (χ1n) is 8.95. The summed E-state index contributed by atoms with van der Waals surface area (Å²) in [7, 11) is 1.76. The number of aromatic nitrogens is 1. The molecule has 1 aromatic heterocycles. The van der Waals surface area contributed by atoms with E-state index in [1.807, 2.05) is 49.4 Å². The number of aliphatic imine (C=N–C) groups is 1. The SMILES string of the molecule is CCOCCCNC(=NC)NCc1ccnc(OCc2ccccc2)c1. The molecule has 0 spiro atoms. The normalized spacial score (nSPS) is 11.2. The molecule has 0 aliphatic rings. The molecule has 26 heavy (non-hydrogen) atoms. The van der Waals surface area contributed by atoms with Crippen LogP contribution in [-0.4, -0.2) is 37.7 Å². The van der Waals surface area contributed by atoms with E-state index in [1.165, 1.54) is 0 Å². The van der Waals surface area contributed by atoms with Crippen molar-refractivity contribution in [2.45, 2.75) is 26.5 Å². The lowest BCUT2D eigenvalue weighted by Gasteiger charge is -2.12. The van der Waals surface area contributed by atoms with E-state index in [0.717, 1.165) is 43.3 Å². The number of nitrogens with zero attached hydrogens (tertiary/aromatic N) is 2. The van der Waals surface area contributed by atoms with Gasteiger partial charge in [0.2, 0.25) is 5.88 Å². The summed E-state index contributed by atoms with van der Waals surface area (Å²) in [4.78, 5) is 8.50. The molecule has 0 unspecified atom stereocenters. The van der Waals surface area contributed by atoms with E-state index in [4.69, 9.17) is 9.47 Å². The van der Waals surface area contributed by atoms with E-state index >= 15 is 0 Å². The van der Waals surface area contributed by atoms with Gasteiger partial charge in [-0.05, 0) is 30.5 Å². The first kappa shape index (κ1) is 19.7. The van der Waals surface area contributed by atoms with E-state index in [0.29, 0.717) is 19.0 Å². The largest absolute Gasteiger partial charge is 0.473 e. The zero-order valence-corrected chi connectivity index (χ0v) is 15.6. The molecule has 0 aliphatic carbocycles. The lowest BCUT2D eigenvalue weighted by atomic mass is 10.2. The quantitative estimate of drug-likeness (QED) is 0.389. The van der Waals surface area contributed by atoms with Crippen LogP contribution in [0, 0.1) is 0 Å². The zero-order chi connectivity index (χ0) is 18.5. The maximum atomic E-state index is 5.77. The molecule has 1 aromatic carbocycles. The third-order valence-corrected chi connectivity index (χ3v) is 3.67. The standard InChI is InChI=1S/C20H28N4O2/c1-3-25-13-7-11-23-20(21-2)24-15-18-10-12-22-19(14-18)26-16-17-8-5-4-6-9-17/h4-6,8-10,12,14H,3,7,11,13,15-16H2,1-2H3,(H2,21,23,24). The summed E-state index contributed by atoms with van der Waals surface area (Å²) >= 11 is 0. The van der Waals surface area contributed by atoms with Gasteiger partial charge < -0.3 is 20.1 Å². The molecular formula is C20H28N4O2. The second-order valence-electron chi connectivity index (χ2n) is 5.68. The highest BCUT2D eigenvalue weighted by molar-refractivity contribution is 5.79. The number of nitrogens with one attached hydrogen (secondary N) is 2. The van der Waals surface area contributed by atoms with Crippen LogP contribution < -0.4 is 15.4 Å². The van der Waals surface area contributed by atoms with Gasteiger partial charge in [-0.15, -0.1) is 0 Å². The molecule has 0 bridgehead atoms. The van der Waals surface area contributed by atoms with Crippen LogP contribution in [0.1, 0.15) is 24.5 Å². The molecule has 0 saturated carbocycles. The number of guanidine groups is 1. The second kappa shape index (κ2) is 11.9. The van der Waals surface area contributed by atoms with Crippen molar-refractivity contribution in [3.63, 3.8) is 0 Å². The predicted octanol–water partition coefficient (Wildman–Crippen LogP) is 2.75. The van der Waals surface area contributed by atoms with Crippen molar-refractivity contribution >= 4 is 5.96 Å². The summed E-state index contributed by atoms with van der Waals surface area (Å²) < 4.78 is 11.1. The molecule has 2 N–H and O–H groups in total. The number of hydrogen-bond acceptors (Lipinski definition) is 4. The van der Waals surface area contributed by atoms with Gasteiger partial charge in [-0.25, -0.2) is 4.98 Å². The first-order valence-corrected chi connectivity index (χ1v) is 8.95. The van der Waals surface area contributed by atoms with Gasteiger partial charge in [0, 0.05) is 45.6 Å². The number of pyridine rings is 1. The highest BCUT2D eigenvalue weighted by Gasteiger charge is 2.02. The van der Waals surface area contributed by atoms with Crippen molar-refractivity contribution in [3.8, 4) is 5.88 Å². The lowest BCUT2D eigenvalue weighted by molar-refractivity contribution is 0.145. The Kier molecular flexibility index (Phi) is 9.00. The first-order chi connectivity index (χ1) is 12.8. The summed E-state index contributed by atoms with van der Waals surface area (Å²) in [5, 5.41) is 6.56. The maximum Gasteiger partial charge on any atom is 0.213 e. The third kappa shape index (κ3) is 7.53. The summed E-state index contributed by atoms with van der Waals surface area (Å²) in [5.41, 5.74) is 2.20. The zero-order valence-electron chi connectivity index (χ0n) is 15.6. The lowest BCUT2D eigenvalue weighted by Crippen LogP contribution is -2.37. The average molecular weight is 356 g/mol. The van der Waals surface area contributed by atoms with Crippen LogP contribution in [0.3, 0.4) is 0 Å². The number of hydrogen-bond donors (Lipinski definition) is 2. The molecule has 0 fully saturated rings. The van der Waals surface area contributed by atoms with Gasteiger partial charge >= 0.3 is 0 Å². The number of benzene rings is 1. The van der Waals surface area contributed by atoms with E-state index in [1.54, 1.807) is 13.2 Å². The fourth-order valence-corrected chi connectivity index (χ4v) is 2.30. The van der Waals surface area contributed by atoms with Crippen LogP contribution in [0.2, 0.25) is 0 Å². The minimum absolute atomic E-state index is 0.508. The highest BCUT2D eigenvalue weighted by Crippen LogP contribution is 2.11. The van der Waals surface area contributed by atoms with E-state index in [2.05, 4.69) is 20.6 Å². The molecule has 0 amide bonds. The van der Waals surface area contributed by atoms with Gasteiger partial charge in [0.05, 0.1) is 0 Å². The molecule has 2 aromatic rings. The van der Waals surface area contributed by atoms with Crippen LogP contribution in [0.5, 0.6) is 5.88 Å². The molecule has 140 valence electrons. The Morgan fingerprint density at radius 2 is 1.96 bits per heavy atom. The average Bonchev–Trinajstić information content (AvgIpc) is 2.69. The van der Waals surface area contributed by atoms with Crippen molar-refractivity contribution in [1.82, 2.24) is 15.6 Å². The Hall–Kier alpha value is -2.60. The van der Waals surface area contributed by atoms with Gasteiger partial charge in [0.1, 0.15) is 6.61 Å². The van der Waals surface area contributed by atoms with E-state index in [9.17, 15) is 0 Å². The molecule has 1 heterocycles. The van der Waals surface area contributed by atoms with Gasteiger partial charge in [-0.3, -0.25) is 4.99 Å². The molecule has 0 aliphatic heterocycles. The molecule has 2 rings (SSSR count). The minimum Gasteiger partial charge on any atom is -0.473 e. The van der Waals surface area contributed by atoms with Crippen LogP contribution in [0.25, 0.3) is 0 Å². The monoisotopic (exact) mass is 356 g/mol. The minimum atomic E-state index is 0.508. The smallest absolute Gasteiger partial charge is 0.213 e. The topological polar surface area (TPSA) is 67.8 Å². The maximum absolute atomic E-state index is 5.77. The van der Waals surface area contributed by atoms with Gasteiger partial charge in [-0.2, -0.15) is 0 Å². The van der Waals surface area contributed by atoms with E-state index in [-0.39, 0.29) is 0 Å². The highest BCUT2D eigenvalue weighted by atomic mass is 16.5.